The van der Waals surface area contributed by atoms with Crippen LogP contribution >= 0.6 is 0 Å². The number of nitro groups is 1. The predicted octanol–water partition coefficient (Wildman–Crippen LogP) is 1.94. The van der Waals surface area contributed by atoms with E-state index in [1.165, 1.54) is 26.4 Å². The van der Waals surface area contributed by atoms with Gasteiger partial charge in [0, 0.05) is 25.0 Å². The zero-order chi connectivity index (χ0) is 15.1. The van der Waals surface area contributed by atoms with E-state index < -0.39 is 4.92 Å². The second kappa shape index (κ2) is 8.64. The maximum atomic E-state index is 10.6. The summed E-state index contributed by atoms with van der Waals surface area (Å²) >= 11 is 0. The molecule has 2 rings (SSSR count). The number of ether oxygens (including phenoxy) is 1. The van der Waals surface area contributed by atoms with Crippen LogP contribution in [-0.2, 0) is 14.4 Å². The van der Waals surface area contributed by atoms with Gasteiger partial charge in [0.25, 0.3) is 17.5 Å². The molecule has 0 aliphatic carbocycles. The van der Waals surface area contributed by atoms with E-state index in [1.807, 2.05) is 0 Å². The van der Waals surface area contributed by atoms with Gasteiger partial charge >= 0.3 is 0 Å². The number of carbonyl (C=O) groups is 2. The number of benzene rings is 1. The smallest absolute Gasteiger partial charge is 0.269 e. The van der Waals surface area contributed by atoms with Gasteiger partial charge < -0.3 is 4.74 Å². The third-order valence-electron chi connectivity index (χ3n) is 2.47. The highest BCUT2D eigenvalue weighted by molar-refractivity contribution is 6.00. The molecular weight excluding hydrogens is 280 g/mol. The van der Waals surface area contributed by atoms with E-state index in [9.17, 15) is 19.7 Å². The average molecular weight is 298 g/mol. The van der Waals surface area contributed by atoms with Gasteiger partial charge in [-0.2, -0.15) is 5.06 Å². The Kier molecular flexibility index (Phi) is 7.62. The summed E-state index contributed by atoms with van der Waals surface area (Å²) in [7, 11) is 2.82. The molecule has 21 heavy (non-hydrogen) atoms. The van der Waals surface area contributed by atoms with E-state index in [0.29, 0.717) is 5.75 Å². The SMILES string of the molecule is C.CON1C(=O)CCC1=O.COc1ccc([N+](=O)[O-])cc1. The molecule has 8 heteroatoms. The van der Waals surface area contributed by atoms with Gasteiger partial charge in [-0.15, -0.1) is 0 Å². The van der Waals surface area contributed by atoms with Crippen LogP contribution in [-0.4, -0.2) is 36.0 Å². The van der Waals surface area contributed by atoms with Gasteiger partial charge in [-0.05, 0) is 12.1 Å². The molecule has 1 saturated heterocycles. The topological polar surface area (TPSA) is 99.0 Å². The van der Waals surface area contributed by atoms with Gasteiger partial charge in [0.2, 0.25) is 0 Å². The van der Waals surface area contributed by atoms with Crippen molar-refractivity contribution in [3.63, 3.8) is 0 Å². The fraction of sp³-hybridized carbons (Fsp3) is 0.385. The van der Waals surface area contributed by atoms with Crippen molar-refractivity contribution in [2.24, 2.45) is 0 Å². The number of non-ortho nitro benzene ring substituents is 1. The van der Waals surface area contributed by atoms with E-state index >= 15 is 0 Å². The molecule has 0 bridgehead atoms. The normalized spacial score (nSPS) is 13.1. The van der Waals surface area contributed by atoms with E-state index in [2.05, 4.69) is 4.84 Å². The minimum absolute atomic E-state index is 0. The van der Waals surface area contributed by atoms with E-state index in [0.717, 1.165) is 5.06 Å². The third kappa shape index (κ3) is 5.19. The molecule has 8 nitrogen and oxygen atoms in total. The number of amides is 2. The highest BCUT2D eigenvalue weighted by Gasteiger charge is 2.28. The Labute approximate surface area is 122 Å². The second-order valence-corrected chi connectivity index (χ2v) is 3.72. The summed E-state index contributed by atoms with van der Waals surface area (Å²) in [6, 6.07) is 5.91. The lowest BCUT2D eigenvalue weighted by molar-refractivity contribution is -0.384. The highest BCUT2D eigenvalue weighted by Crippen LogP contribution is 2.16. The molecule has 0 N–H and O–H groups in total. The van der Waals surface area contributed by atoms with Crippen LogP contribution in [0.25, 0.3) is 0 Å². The van der Waals surface area contributed by atoms with Gasteiger partial charge in [-0.1, -0.05) is 7.43 Å². The van der Waals surface area contributed by atoms with E-state index in [1.54, 1.807) is 12.1 Å². The van der Waals surface area contributed by atoms with E-state index in [-0.39, 0.29) is 37.8 Å². The number of imide groups is 1. The summed E-state index contributed by atoms with van der Waals surface area (Å²) in [4.78, 5) is 35.4. The molecule has 0 unspecified atom stereocenters. The van der Waals surface area contributed by atoms with Gasteiger partial charge in [-0.3, -0.25) is 24.5 Å². The lowest BCUT2D eigenvalue weighted by atomic mass is 10.3. The quantitative estimate of drug-likeness (QED) is 0.480. The van der Waals surface area contributed by atoms with Crippen molar-refractivity contribution in [3.8, 4) is 5.75 Å². The first-order valence-electron chi connectivity index (χ1n) is 5.68. The van der Waals surface area contributed by atoms with Crippen LogP contribution in [0, 0.1) is 10.1 Å². The Morgan fingerprint density at radius 1 is 1.10 bits per heavy atom. The maximum absolute atomic E-state index is 10.6. The number of hydrogen-bond donors (Lipinski definition) is 0. The first-order chi connectivity index (χ1) is 9.49. The molecule has 1 heterocycles. The molecule has 2 amide bonds. The van der Waals surface area contributed by atoms with Crippen molar-refractivity contribution < 1.29 is 24.1 Å². The predicted molar refractivity (Wildman–Crippen MR) is 74.5 cm³/mol. The fourth-order valence-corrected chi connectivity index (χ4v) is 1.46. The van der Waals surface area contributed by atoms with Crippen LogP contribution in [0.3, 0.4) is 0 Å². The first-order valence-corrected chi connectivity index (χ1v) is 5.68. The Balaban J connectivity index is 0.000000370. The Bertz CT molecular complexity index is 484. The molecule has 1 fully saturated rings. The number of hydroxylamine groups is 2. The van der Waals surface area contributed by atoms with Crippen molar-refractivity contribution in [3.05, 3.63) is 34.4 Å². The number of nitro benzene ring substituents is 1. The van der Waals surface area contributed by atoms with Crippen molar-refractivity contribution >= 4 is 17.5 Å². The number of hydrogen-bond acceptors (Lipinski definition) is 6. The summed E-state index contributed by atoms with van der Waals surface area (Å²) in [5.74, 6) is 0.126. The molecule has 0 spiro atoms. The molecule has 1 aliphatic heterocycles. The number of nitrogens with zero attached hydrogens (tertiary/aromatic N) is 2. The minimum atomic E-state index is -0.445. The average Bonchev–Trinajstić information content (AvgIpc) is 2.78. The van der Waals surface area contributed by atoms with Gasteiger partial charge in [0.05, 0.1) is 19.1 Å². The molecule has 0 aromatic heterocycles. The first kappa shape index (κ1) is 18.5. The molecular formula is C13H18N2O6. The standard InChI is InChI=1S/C7H7NO3.C5H7NO3.CH4/c1-11-7-4-2-6(3-5-7)8(9)10;1-9-6-4(7)2-3-5(6)8;/h2-5H,1H3;2-3H2,1H3;1H4. The van der Waals surface area contributed by atoms with Crippen LogP contribution < -0.4 is 4.74 Å². The molecule has 0 radical (unpaired) electrons. The van der Waals surface area contributed by atoms with Crippen molar-refractivity contribution in [1.82, 2.24) is 5.06 Å². The monoisotopic (exact) mass is 298 g/mol. The van der Waals surface area contributed by atoms with Crippen LogP contribution in [0.15, 0.2) is 24.3 Å². The lowest BCUT2D eigenvalue weighted by Crippen LogP contribution is -2.27. The largest absolute Gasteiger partial charge is 0.497 e. The van der Waals surface area contributed by atoms with Gasteiger partial charge in [-0.25, -0.2) is 0 Å². The zero-order valence-corrected chi connectivity index (χ0v) is 11.1. The second-order valence-electron chi connectivity index (χ2n) is 3.72. The van der Waals surface area contributed by atoms with Crippen LogP contribution in [0.5, 0.6) is 5.75 Å². The highest BCUT2D eigenvalue weighted by atomic mass is 16.7. The van der Waals surface area contributed by atoms with Gasteiger partial charge in [0.1, 0.15) is 5.75 Å². The summed E-state index contributed by atoms with van der Waals surface area (Å²) in [6.45, 7) is 0. The maximum Gasteiger partial charge on any atom is 0.269 e. The molecule has 0 atom stereocenters. The Hall–Kier alpha value is -2.48. The van der Waals surface area contributed by atoms with Crippen LogP contribution in [0.2, 0.25) is 0 Å². The summed E-state index contributed by atoms with van der Waals surface area (Å²) in [5, 5.41) is 11.0. The third-order valence-corrected chi connectivity index (χ3v) is 2.47. The molecule has 0 saturated carbocycles. The number of methoxy groups -OCH3 is 1. The summed E-state index contributed by atoms with van der Waals surface area (Å²) in [5.41, 5.74) is 0.0748. The summed E-state index contributed by atoms with van der Waals surface area (Å²) < 4.78 is 4.83. The fourth-order valence-electron chi connectivity index (χ4n) is 1.46. The Morgan fingerprint density at radius 2 is 1.57 bits per heavy atom. The van der Waals surface area contributed by atoms with Gasteiger partial charge in [0.15, 0.2) is 0 Å². The van der Waals surface area contributed by atoms with Crippen molar-refractivity contribution in [2.45, 2.75) is 20.3 Å². The zero-order valence-electron chi connectivity index (χ0n) is 11.1. The number of rotatable bonds is 3. The van der Waals surface area contributed by atoms with Crippen LogP contribution in [0.4, 0.5) is 5.69 Å². The molecule has 1 aliphatic rings. The van der Waals surface area contributed by atoms with Crippen LogP contribution in [0.1, 0.15) is 20.3 Å². The number of carbonyl (C=O) groups excluding carboxylic acids is 2. The molecule has 116 valence electrons. The molecule has 1 aromatic rings. The minimum Gasteiger partial charge on any atom is -0.497 e. The van der Waals surface area contributed by atoms with Crippen molar-refractivity contribution in [2.75, 3.05) is 14.2 Å². The summed E-state index contributed by atoms with van der Waals surface area (Å²) in [6.07, 6.45) is 0.569. The van der Waals surface area contributed by atoms with Crippen molar-refractivity contribution in [1.29, 1.82) is 0 Å². The lowest BCUT2D eigenvalue weighted by Gasteiger charge is -2.07. The van der Waals surface area contributed by atoms with E-state index in [4.69, 9.17) is 4.74 Å². The Morgan fingerprint density at radius 3 is 1.86 bits per heavy atom. The molecule has 1 aromatic carbocycles.